The molecular formula is C36H28F6N4O4. The Kier molecular flexibility index (Phi) is 7.80. The second-order valence-corrected chi connectivity index (χ2v) is 13.4. The summed E-state index contributed by atoms with van der Waals surface area (Å²) in [5.74, 6) is -3.81. The Hall–Kier alpha value is -5.40. The third-order valence-corrected chi connectivity index (χ3v) is 8.88. The Labute approximate surface area is 281 Å². The minimum absolute atomic E-state index is 0.0663. The van der Waals surface area contributed by atoms with Gasteiger partial charge in [-0.3, -0.25) is 34.0 Å². The van der Waals surface area contributed by atoms with Crippen LogP contribution in [0.5, 0.6) is 0 Å². The first kappa shape index (κ1) is 34.5. The fourth-order valence-corrected chi connectivity index (χ4v) is 6.34. The monoisotopic (exact) mass is 694 g/mol. The van der Waals surface area contributed by atoms with Crippen LogP contribution in [0.15, 0.2) is 73.1 Å². The largest absolute Gasteiger partial charge is 0.411 e. The zero-order valence-electron chi connectivity index (χ0n) is 27.2. The number of aromatic nitrogens is 2. The van der Waals surface area contributed by atoms with Crippen molar-refractivity contribution in [2.75, 3.05) is 4.90 Å². The highest BCUT2D eigenvalue weighted by molar-refractivity contribution is 6.34. The third-order valence-electron chi connectivity index (χ3n) is 8.88. The van der Waals surface area contributed by atoms with Gasteiger partial charge in [-0.15, -0.1) is 0 Å². The number of nitrogens with zero attached hydrogens (tertiary/aromatic N) is 4. The van der Waals surface area contributed by atoms with Crippen molar-refractivity contribution in [2.24, 2.45) is 0 Å². The number of benzene rings is 2. The molecule has 0 radical (unpaired) electrons. The van der Waals surface area contributed by atoms with E-state index in [1.165, 1.54) is 39.1 Å². The van der Waals surface area contributed by atoms with Gasteiger partial charge in [0.05, 0.1) is 45.5 Å². The van der Waals surface area contributed by atoms with Crippen molar-refractivity contribution in [3.8, 4) is 11.4 Å². The first-order chi connectivity index (χ1) is 23.2. The van der Waals surface area contributed by atoms with Gasteiger partial charge in [0.15, 0.2) is 0 Å². The number of fused-ring (bicyclic) bond motifs is 2. The molecule has 0 bridgehead atoms. The molecule has 4 amide bonds. The molecule has 8 nitrogen and oxygen atoms in total. The lowest BCUT2D eigenvalue weighted by atomic mass is 9.71. The van der Waals surface area contributed by atoms with Crippen molar-refractivity contribution in [1.82, 2.24) is 14.9 Å². The molecule has 6 rings (SSSR count). The molecule has 0 fully saturated rings. The van der Waals surface area contributed by atoms with Crippen molar-refractivity contribution < 1.29 is 45.5 Å². The van der Waals surface area contributed by atoms with Crippen molar-refractivity contribution in [2.45, 2.75) is 63.8 Å². The zero-order chi connectivity index (χ0) is 36.7. The van der Waals surface area contributed by atoms with Crippen LogP contribution in [0.3, 0.4) is 0 Å². The van der Waals surface area contributed by atoms with Crippen LogP contribution in [0.4, 0.5) is 32.0 Å². The van der Waals surface area contributed by atoms with Gasteiger partial charge in [-0.1, -0.05) is 32.0 Å². The summed E-state index contributed by atoms with van der Waals surface area (Å²) in [6.45, 7) is 8.47. The van der Waals surface area contributed by atoms with Gasteiger partial charge in [-0.05, 0) is 85.8 Å². The van der Waals surface area contributed by atoms with Crippen LogP contribution in [0.2, 0.25) is 0 Å². The number of amides is 4. The number of pyridine rings is 2. The molecule has 0 unspecified atom stereocenters. The molecule has 258 valence electrons. The Morgan fingerprint density at radius 1 is 0.580 bits per heavy atom. The molecule has 2 aromatic heterocycles. The van der Waals surface area contributed by atoms with Crippen LogP contribution < -0.4 is 4.90 Å². The van der Waals surface area contributed by atoms with E-state index in [4.69, 9.17) is 0 Å². The quantitative estimate of drug-likeness (QED) is 0.156. The molecule has 0 spiro atoms. The highest BCUT2D eigenvalue weighted by Crippen LogP contribution is 2.57. The van der Waals surface area contributed by atoms with E-state index >= 15 is 26.3 Å². The van der Waals surface area contributed by atoms with Crippen molar-refractivity contribution in [1.29, 1.82) is 0 Å². The maximum atomic E-state index is 15.1. The Bertz CT molecular complexity index is 2070. The van der Waals surface area contributed by atoms with Crippen molar-refractivity contribution in [3.63, 3.8) is 0 Å². The summed E-state index contributed by atoms with van der Waals surface area (Å²) in [4.78, 5) is 63.0. The molecular weight excluding hydrogens is 666 g/mol. The van der Waals surface area contributed by atoms with E-state index in [2.05, 4.69) is 9.97 Å². The van der Waals surface area contributed by atoms with E-state index in [1.54, 1.807) is 12.3 Å². The van der Waals surface area contributed by atoms with Crippen LogP contribution in [-0.4, -0.2) is 56.4 Å². The number of halogens is 6. The molecule has 4 heterocycles. The van der Waals surface area contributed by atoms with Crippen LogP contribution in [-0.2, 0) is 5.41 Å². The maximum Gasteiger partial charge on any atom is 0.411 e. The van der Waals surface area contributed by atoms with E-state index in [9.17, 15) is 19.2 Å². The summed E-state index contributed by atoms with van der Waals surface area (Å²) in [5, 5.41) is 0. The number of hydrogen-bond acceptors (Lipinski definition) is 6. The van der Waals surface area contributed by atoms with Crippen LogP contribution in [0, 0.1) is 0 Å². The maximum absolute atomic E-state index is 15.1. The molecule has 0 atom stereocenters. The SMILES string of the molecule is CC(C)c1ccc(-c2ccc(N3C(=O)c4ccc(C(c5ccc6c(c5)C(=O)N(C(C)(C)C)C6=O)(C(F)(F)F)C(F)(F)F)cc4C3=O)cn2)nc1. The zero-order valence-corrected chi connectivity index (χ0v) is 27.2. The fourth-order valence-electron chi connectivity index (χ4n) is 6.34. The lowest BCUT2D eigenvalue weighted by molar-refractivity contribution is -0.288. The number of imide groups is 2. The van der Waals surface area contributed by atoms with Gasteiger partial charge in [0, 0.05) is 11.7 Å². The highest BCUT2D eigenvalue weighted by atomic mass is 19.4. The highest BCUT2D eigenvalue weighted by Gasteiger charge is 2.73. The Morgan fingerprint density at radius 3 is 1.48 bits per heavy atom. The van der Waals surface area contributed by atoms with Gasteiger partial charge in [-0.25, -0.2) is 4.90 Å². The summed E-state index contributed by atoms with van der Waals surface area (Å²) in [5.41, 5.74) is -8.95. The van der Waals surface area contributed by atoms with E-state index in [1.807, 2.05) is 19.9 Å². The molecule has 2 aromatic carbocycles. The van der Waals surface area contributed by atoms with Gasteiger partial charge in [-0.2, -0.15) is 26.3 Å². The molecule has 2 aliphatic rings. The first-order valence-electron chi connectivity index (χ1n) is 15.3. The minimum Gasteiger partial charge on any atom is -0.269 e. The molecule has 50 heavy (non-hydrogen) atoms. The average Bonchev–Trinajstić information content (AvgIpc) is 3.43. The van der Waals surface area contributed by atoms with E-state index < -0.39 is 74.8 Å². The van der Waals surface area contributed by atoms with Gasteiger partial charge in [0.25, 0.3) is 23.6 Å². The third kappa shape index (κ3) is 5.07. The number of rotatable bonds is 5. The number of alkyl halides is 6. The summed E-state index contributed by atoms with van der Waals surface area (Å²) in [6.07, 6.45) is -9.29. The molecule has 0 saturated carbocycles. The van der Waals surface area contributed by atoms with Gasteiger partial charge < -0.3 is 0 Å². The Morgan fingerprint density at radius 2 is 1.04 bits per heavy atom. The topological polar surface area (TPSA) is 101 Å². The standard InChI is InChI=1S/C36H28F6N4O4/c1-18(2)19-6-12-27(43-16-19)28-13-9-22(17-44-28)45-29(47)23-10-7-20(14-25(23)30(45)48)34(35(37,38)39,36(40,41)42)21-8-11-24-26(15-21)32(50)46(31(24)49)33(3,4)5/h6-18H,1-5H3. The van der Waals surface area contributed by atoms with E-state index in [0.717, 1.165) is 22.6 Å². The molecule has 0 N–H and O–H groups in total. The lowest BCUT2D eigenvalue weighted by Gasteiger charge is -2.38. The molecule has 0 aliphatic carbocycles. The molecule has 14 heteroatoms. The normalized spacial score (nSPS) is 15.4. The number of carbonyl (C=O) groups excluding carboxylic acids is 4. The van der Waals surface area contributed by atoms with Crippen molar-refractivity contribution in [3.05, 3.63) is 112 Å². The van der Waals surface area contributed by atoms with Gasteiger partial charge >= 0.3 is 12.4 Å². The predicted molar refractivity (Wildman–Crippen MR) is 169 cm³/mol. The first-order valence-corrected chi connectivity index (χ1v) is 15.3. The minimum atomic E-state index is -6.07. The van der Waals surface area contributed by atoms with E-state index in [-0.39, 0.29) is 17.2 Å². The van der Waals surface area contributed by atoms with Crippen LogP contribution in [0.25, 0.3) is 11.4 Å². The second-order valence-electron chi connectivity index (χ2n) is 13.4. The van der Waals surface area contributed by atoms with Crippen molar-refractivity contribution >= 4 is 29.3 Å². The van der Waals surface area contributed by atoms with E-state index in [0.29, 0.717) is 40.6 Å². The molecule has 4 aromatic rings. The summed E-state index contributed by atoms with van der Waals surface area (Å²) in [7, 11) is 0. The number of hydrogen-bond donors (Lipinski definition) is 0. The average molecular weight is 695 g/mol. The molecule has 0 saturated heterocycles. The van der Waals surface area contributed by atoms with Crippen LogP contribution >= 0.6 is 0 Å². The second kappa shape index (κ2) is 11.3. The predicted octanol–water partition coefficient (Wildman–Crippen LogP) is 7.87. The van der Waals surface area contributed by atoms with Crippen LogP contribution in [0.1, 0.15) is 98.7 Å². The van der Waals surface area contributed by atoms with Gasteiger partial charge in [0.2, 0.25) is 5.41 Å². The number of carbonyl (C=O) groups is 4. The summed E-state index contributed by atoms with van der Waals surface area (Å²) >= 11 is 0. The number of anilines is 1. The summed E-state index contributed by atoms with van der Waals surface area (Å²) < 4.78 is 90.5. The Balaban J connectivity index is 1.42. The fraction of sp³-hybridized carbons (Fsp3) is 0.278. The molecule has 2 aliphatic heterocycles. The van der Waals surface area contributed by atoms with Gasteiger partial charge in [0.1, 0.15) is 0 Å². The summed E-state index contributed by atoms with van der Waals surface area (Å²) in [6, 6.07) is 9.76. The lowest BCUT2D eigenvalue weighted by Crippen LogP contribution is -2.55. The smallest absolute Gasteiger partial charge is 0.269 e.